The van der Waals surface area contributed by atoms with Gasteiger partial charge in [0.15, 0.2) is 11.6 Å². The number of carbonyl (C=O) groups excluding carboxylic acids is 2. The lowest BCUT2D eigenvalue weighted by Gasteiger charge is -2.04. The zero-order chi connectivity index (χ0) is 17.4. The number of H-pyrrole nitrogens is 1. The Morgan fingerprint density at radius 2 is 2.16 bits per heavy atom. The lowest BCUT2D eigenvalue weighted by atomic mass is 10.1. The van der Waals surface area contributed by atoms with Gasteiger partial charge >= 0.3 is 5.97 Å². The van der Waals surface area contributed by atoms with E-state index in [9.17, 15) is 9.59 Å². The number of aromatic amines is 1. The van der Waals surface area contributed by atoms with Crippen LogP contribution in [-0.2, 0) is 16.0 Å². The summed E-state index contributed by atoms with van der Waals surface area (Å²) in [6.45, 7) is 1.57. The van der Waals surface area contributed by atoms with Crippen molar-refractivity contribution in [2.24, 2.45) is 0 Å². The number of ketones is 1. The number of nitrogens with one attached hydrogen (secondary N) is 1. The second-order valence-electron chi connectivity index (χ2n) is 5.76. The number of para-hydroxylation sites is 1. The summed E-state index contributed by atoms with van der Waals surface area (Å²) in [5.74, 6) is -0.675. The number of hydrogen-bond donors (Lipinski definition) is 1. The Bertz CT molecular complexity index is 1060. The molecular weight excluding hydrogens is 338 g/mol. The van der Waals surface area contributed by atoms with Crippen molar-refractivity contribution in [1.29, 1.82) is 0 Å². The lowest BCUT2D eigenvalue weighted by Crippen LogP contribution is -2.16. The number of ether oxygens (including phenoxy) is 1. The van der Waals surface area contributed by atoms with E-state index >= 15 is 0 Å². The van der Waals surface area contributed by atoms with Crippen molar-refractivity contribution < 1.29 is 14.3 Å². The topological polar surface area (TPSA) is 76.5 Å². The molecule has 4 aromatic rings. The molecule has 0 aliphatic carbocycles. The van der Waals surface area contributed by atoms with E-state index in [1.165, 1.54) is 11.3 Å². The van der Waals surface area contributed by atoms with Gasteiger partial charge in [-0.05, 0) is 13.0 Å². The molecule has 7 heteroatoms. The van der Waals surface area contributed by atoms with Crippen LogP contribution in [0.4, 0.5) is 0 Å². The van der Waals surface area contributed by atoms with Gasteiger partial charge in [-0.1, -0.05) is 18.2 Å². The maximum atomic E-state index is 12.5. The number of fused-ring (bicyclic) bond motifs is 2. The predicted molar refractivity (Wildman–Crippen MR) is 95.1 cm³/mol. The minimum Gasteiger partial charge on any atom is -0.457 e. The van der Waals surface area contributed by atoms with Gasteiger partial charge in [0.05, 0.1) is 12.1 Å². The number of imidazole rings is 1. The van der Waals surface area contributed by atoms with Gasteiger partial charge in [-0.25, -0.2) is 4.98 Å². The van der Waals surface area contributed by atoms with E-state index in [1.807, 2.05) is 47.2 Å². The average molecular weight is 353 g/mol. The van der Waals surface area contributed by atoms with E-state index in [1.54, 1.807) is 6.20 Å². The first-order chi connectivity index (χ1) is 12.1. The first kappa shape index (κ1) is 15.6. The Labute approximate surface area is 147 Å². The Hall–Kier alpha value is -2.93. The van der Waals surface area contributed by atoms with E-state index in [4.69, 9.17) is 4.74 Å². The molecule has 25 heavy (non-hydrogen) atoms. The van der Waals surface area contributed by atoms with Crippen molar-refractivity contribution in [3.05, 3.63) is 59.0 Å². The van der Waals surface area contributed by atoms with Gasteiger partial charge in [0.25, 0.3) is 0 Å². The molecule has 0 unspecified atom stereocenters. The summed E-state index contributed by atoms with van der Waals surface area (Å²) in [5, 5.41) is 2.77. The molecule has 3 heterocycles. The van der Waals surface area contributed by atoms with Gasteiger partial charge in [-0.3, -0.25) is 14.0 Å². The van der Waals surface area contributed by atoms with Gasteiger partial charge in [-0.15, -0.1) is 11.3 Å². The number of rotatable bonds is 5. The highest BCUT2D eigenvalue weighted by molar-refractivity contribution is 7.15. The maximum absolute atomic E-state index is 12.5. The highest BCUT2D eigenvalue weighted by Crippen LogP contribution is 2.22. The molecule has 6 nitrogen and oxygen atoms in total. The van der Waals surface area contributed by atoms with Crippen molar-refractivity contribution in [1.82, 2.24) is 14.4 Å². The largest absolute Gasteiger partial charge is 0.457 e. The monoisotopic (exact) mass is 353 g/mol. The van der Waals surface area contributed by atoms with Gasteiger partial charge < -0.3 is 9.72 Å². The number of esters is 1. The smallest absolute Gasteiger partial charge is 0.312 e. The zero-order valence-electron chi connectivity index (χ0n) is 13.5. The molecule has 0 fully saturated rings. The quantitative estimate of drug-likeness (QED) is 0.442. The van der Waals surface area contributed by atoms with E-state index in [0.29, 0.717) is 11.3 Å². The predicted octanol–water partition coefficient (Wildman–Crippen LogP) is 3.15. The molecule has 0 bridgehead atoms. The summed E-state index contributed by atoms with van der Waals surface area (Å²) in [7, 11) is 0. The Kier molecular flexibility index (Phi) is 3.85. The van der Waals surface area contributed by atoms with Crippen molar-refractivity contribution >= 4 is 39.0 Å². The van der Waals surface area contributed by atoms with E-state index in [-0.39, 0.29) is 18.8 Å². The van der Waals surface area contributed by atoms with Crippen LogP contribution in [0.3, 0.4) is 0 Å². The van der Waals surface area contributed by atoms with Crippen molar-refractivity contribution in [3.8, 4) is 0 Å². The summed E-state index contributed by atoms with van der Waals surface area (Å²) >= 11 is 1.50. The SMILES string of the molecule is Cc1[nH]c2ccccc2c1C(=O)COC(=O)Cc1cn2ccsc2n1. The van der Waals surface area contributed by atoms with Crippen LogP contribution in [0.2, 0.25) is 0 Å². The molecule has 0 spiro atoms. The third-order valence-corrected chi connectivity index (χ3v) is 4.78. The number of benzene rings is 1. The molecule has 0 saturated carbocycles. The zero-order valence-corrected chi connectivity index (χ0v) is 14.3. The van der Waals surface area contributed by atoms with Crippen LogP contribution < -0.4 is 0 Å². The molecule has 1 aromatic carbocycles. The minimum absolute atomic E-state index is 0.0501. The highest BCUT2D eigenvalue weighted by atomic mass is 32.1. The van der Waals surface area contributed by atoms with Gasteiger partial charge in [0.1, 0.15) is 0 Å². The number of hydrogen-bond acceptors (Lipinski definition) is 5. The molecule has 3 aromatic heterocycles. The number of carbonyl (C=O) groups is 2. The number of Topliss-reactive ketones (excluding diaryl/α,β-unsaturated/α-hetero) is 1. The fourth-order valence-electron chi connectivity index (χ4n) is 2.91. The molecular formula is C18H15N3O3S. The Morgan fingerprint density at radius 1 is 1.32 bits per heavy atom. The van der Waals surface area contributed by atoms with Gasteiger partial charge in [0.2, 0.25) is 5.78 Å². The third kappa shape index (κ3) is 2.94. The standard InChI is InChI=1S/C18H15N3O3S/c1-11-17(13-4-2-3-5-14(13)19-11)15(22)10-24-16(23)8-12-9-21-6-7-25-18(21)20-12/h2-7,9,19H,8,10H2,1H3. The summed E-state index contributed by atoms with van der Waals surface area (Å²) in [6, 6.07) is 7.58. The van der Waals surface area contributed by atoms with Crippen molar-refractivity contribution in [2.45, 2.75) is 13.3 Å². The molecule has 0 radical (unpaired) electrons. The summed E-state index contributed by atoms with van der Waals surface area (Å²) < 4.78 is 7.01. The van der Waals surface area contributed by atoms with Crippen LogP contribution in [0.25, 0.3) is 15.9 Å². The van der Waals surface area contributed by atoms with Crippen LogP contribution in [0.15, 0.2) is 42.0 Å². The average Bonchev–Trinajstić information content (AvgIpc) is 3.24. The van der Waals surface area contributed by atoms with E-state index in [2.05, 4.69) is 9.97 Å². The minimum atomic E-state index is -0.461. The molecule has 0 saturated heterocycles. The van der Waals surface area contributed by atoms with Crippen LogP contribution in [-0.4, -0.2) is 32.7 Å². The summed E-state index contributed by atoms with van der Waals surface area (Å²) in [4.78, 5) is 32.8. The number of aromatic nitrogens is 3. The van der Waals surface area contributed by atoms with Crippen LogP contribution in [0.1, 0.15) is 21.7 Å². The second kappa shape index (κ2) is 6.18. The molecule has 0 aliphatic rings. The number of nitrogens with zero attached hydrogens (tertiary/aromatic N) is 2. The molecule has 0 aliphatic heterocycles. The third-order valence-electron chi connectivity index (χ3n) is 4.01. The van der Waals surface area contributed by atoms with Crippen molar-refractivity contribution in [3.63, 3.8) is 0 Å². The molecule has 1 N–H and O–H groups in total. The summed E-state index contributed by atoms with van der Waals surface area (Å²) in [6.07, 6.45) is 3.72. The van der Waals surface area contributed by atoms with Crippen molar-refractivity contribution in [2.75, 3.05) is 6.61 Å². The molecule has 0 atom stereocenters. The Balaban J connectivity index is 1.43. The second-order valence-corrected chi connectivity index (χ2v) is 6.63. The van der Waals surface area contributed by atoms with Crippen LogP contribution >= 0.6 is 11.3 Å². The molecule has 126 valence electrons. The maximum Gasteiger partial charge on any atom is 0.312 e. The first-order valence-electron chi connectivity index (χ1n) is 7.79. The van der Waals surface area contributed by atoms with E-state index < -0.39 is 5.97 Å². The van der Waals surface area contributed by atoms with Gasteiger partial charge in [-0.2, -0.15) is 0 Å². The number of thiazole rings is 1. The highest BCUT2D eigenvalue weighted by Gasteiger charge is 2.18. The normalized spacial score (nSPS) is 11.2. The van der Waals surface area contributed by atoms with Crippen LogP contribution in [0.5, 0.6) is 0 Å². The Morgan fingerprint density at radius 3 is 3.00 bits per heavy atom. The first-order valence-corrected chi connectivity index (χ1v) is 8.67. The number of aryl methyl sites for hydroxylation is 1. The van der Waals surface area contributed by atoms with Gasteiger partial charge in [0, 0.05) is 39.9 Å². The van der Waals surface area contributed by atoms with E-state index in [0.717, 1.165) is 21.6 Å². The molecule has 0 amide bonds. The lowest BCUT2D eigenvalue weighted by molar-refractivity contribution is -0.141. The fraction of sp³-hybridized carbons (Fsp3) is 0.167. The molecule has 4 rings (SSSR count). The summed E-state index contributed by atoms with van der Waals surface area (Å²) in [5.41, 5.74) is 2.88. The van der Waals surface area contributed by atoms with Crippen LogP contribution in [0, 0.1) is 6.92 Å². The fourth-order valence-corrected chi connectivity index (χ4v) is 3.63.